The van der Waals surface area contributed by atoms with Gasteiger partial charge < -0.3 is 10.5 Å². The first-order valence-electron chi connectivity index (χ1n) is 9.37. The molecule has 2 atom stereocenters. The van der Waals surface area contributed by atoms with E-state index in [0.29, 0.717) is 16.9 Å². The Hall–Kier alpha value is -3.01. The van der Waals surface area contributed by atoms with Crippen LogP contribution >= 0.6 is 0 Å². The van der Waals surface area contributed by atoms with Crippen molar-refractivity contribution in [2.45, 2.75) is 30.6 Å². The maximum atomic E-state index is 13.1. The third-order valence-corrected chi connectivity index (χ3v) is 8.01. The van der Waals surface area contributed by atoms with Crippen molar-refractivity contribution < 1.29 is 22.3 Å². The molecule has 3 heterocycles. The van der Waals surface area contributed by atoms with Gasteiger partial charge in [0.25, 0.3) is 0 Å². The van der Waals surface area contributed by atoms with Gasteiger partial charge in [0.2, 0.25) is 16.0 Å². The molecule has 0 spiro atoms. The second-order valence-electron chi connectivity index (χ2n) is 7.55. The molecular formula is C20H21FN4O4S. The Morgan fingerprint density at radius 1 is 1.37 bits per heavy atom. The molecule has 0 saturated carbocycles. The topological polar surface area (TPSA) is 115 Å². The Kier molecular flexibility index (Phi) is 4.76. The minimum Gasteiger partial charge on any atom is -0.493 e. The quantitative estimate of drug-likeness (QED) is 0.737. The zero-order valence-corrected chi connectivity index (χ0v) is 17.3. The molecule has 158 valence electrons. The highest BCUT2D eigenvalue weighted by Gasteiger charge is 2.52. The number of halogens is 1. The molecule has 2 N–H and O–H groups in total. The van der Waals surface area contributed by atoms with Gasteiger partial charge in [-0.3, -0.25) is 9.78 Å². The van der Waals surface area contributed by atoms with E-state index in [2.05, 4.69) is 9.98 Å². The van der Waals surface area contributed by atoms with E-state index in [1.807, 2.05) is 0 Å². The minimum absolute atomic E-state index is 0.0124. The largest absolute Gasteiger partial charge is 0.493 e. The van der Waals surface area contributed by atoms with Crippen molar-refractivity contribution in [1.29, 1.82) is 0 Å². The average molecular weight is 432 g/mol. The molecule has 0 radical (unpaired) electrons. The second-order valence-corrected chi connectivity index (χ2v) is 9.69. The number of hydrogen-bond donors (Lipinski definition) is 1. The van der Waals surface area contributed by atoms with Crippen LogP contribution in [0.1, 0.15) is 35.0 Å². The number of Topliss-reactive ketones (excluding diaryl/α,β-unsaturated/α-hetero) is 1. The predicted molar refractivity (Wildman–Crippen MR) is 108 cm³/mol. The van der Waals surface area contributed by atoms with Crippen LogP contribution in [0.2, 0.25) is 0 Å². The number of aromatic nitrogens is 1. The molecule has 2 aromatic rings. The van der Waals surface area contributed by atoms with E-state index in [9.17, 15) is 17.6 Å². The number of rotatable bonds is 3. The lowest BCUT2D eigenvalue weighted by Gasteiger charge is -2.40. The van der Waals surface area contributed by atoms with Gasteiger partial charge in [0, 0.05) is 25.5 Å². The third kappa shape index (κ3) is 3.20. The van der Waals surface area contributed by atoms with Gasteiger partial charge >= 0.3 is 0 Å². The number of carbonyl (C=O) groups is 1. The number of benzene rings is 1. The number of fused-ring (bicyclic) bond motifs is 3. The van der Waals surface area contributed by atoms with Crippen molar-refractivity contribution in [2.75, 3.05) is 13.7 Å². The van der Waals surface area contributed by atoms with Crippen LogP contribution in [0.4, 0.5) is 4.39 Å². The predicted octanol–water partition coefficient (Wildman–Crippen LogP) is 1.60. The molecule has 1 aromatic heterocycles. The first kappa shape index (κ1) is 20.3. The summed E-state index contributed by atoms with van der Waals surface area (Å²) in [4.78, 5) is 20.9. The zero-order chi connectivity index (χ0) is 21.7. The molecule has 2 aliphatic rings. The van der Waals surface area contributed by atoms with Crippen LogP contribution in [0, 0.1) is 5.82 Å². The fourth-order valence-electron chi connectivity index (χ4n) is 3.96. The molecule has 0 aliphatic carbocycles. The Morgan fingerprint density at radius 2 is 2.13 bits per heavy atom. The van der Waals surface area contributed by atoms with E-state index in [4.69, 9.17) is 10.5 Å². The summed E-state index contributed by atoms with van der Waals surface area (Å²) in [5.74, 6) is -0.400. The molecule has 1 aromatic carbocycles. The number of ether oxygens (including phenoxy) is 1. The van der Waals surface area contributed by atoms with E-state index in [0.717, 1.165) is 10.5 Å². The fraction of sp³-hybridized carbons (Fsp3) is 0.350. The van der Waals surface area contributed by atoms with E-state index in [1.54, 1.807) is 25.1 Å². The summed E-state index contributed by atoms with van der Waals surface area (Å²) in [5, 5.41) is -0.853. The van der Waals surface area contributed by atoms with Crippen molar-refractivity contribution in [3.8, 4) is 5.75 Å². The summed E-state index contributed by atoms with van der Waals surface area (Å²) in [6, 6.07) is 7.68. The summed E-state index contributed by atoms with van der Waals surface area (Å²) < 4.78 is 45.9. The number of nitrogens with two attached hydrogens (primary N) is 1. The standard InChI is InChI=1S/C20H21FN4O4S/c1-20-14-9-12(10-16(26)15-5-4-13(21)11-23-15)3-6-17(14)29-8-7-18(20)30(27,28)25(2)19(22)24-20/h3-6,9,11,18H,7-8,10H2,1-2H3,(H2,22,24)/t18-,20-/m1/s1. The van der Waals surface area contributed by atoms with Crippen LogP contribution in [0.3, 0.4) is 0 Å². The fourth-order valence-corrected chi connectivity index (χ4v) is 5.79. The lowest BCUT2D eigenvalue weighted by molar-refractivity contribution is 0.0988. The average Bonchev–Trinajstić information content (AvgIpc) is 2.84. The SMILES string of the molecule is CN1C(N)=N[C@]2(C)c3cc(CC(=O)c4ccc(F)cn4)ccc3OCC[C@H]2S1(=O)=O. The summed E-state index contributed by atoms with van der Waals surface area (Å²) >= 11 is 0. The van der Waals surface area contributed by atoms with Crippen LogP contribution in [0.5, 0.6) is 5.75 Å². The highest BCUT2D eigenvalue weighted by Crippen LogP contribution is 2.45. The van der Waals surface area contributed by atoms with Crippen molar-refractivity contribution in [1.82, 2.24) is 9.29 Å². The van der Waals surface area contributed by atoms with E-state index in [1.165, 1.54) is 19.2 Å². The van der Waals surface area contributed by atoms with Crippen molar-refractivity contribution in [3.63, 3.8) is 0 Å². The van der Waals surface area contributed by atoms with Gasteiger partial charge in [0.15, 0.2) is 5.78 Å². The molecule has 8 nitrogen and oxygen atoms in total. The number of sulfonamides is 1. The lowest BCUT2D eigenvalue weighted by atomic mass is 9.85. The number of carbonyl (C=O) groups excluding carboxylic acids is 1. The molecule has 4 rings (SSSR count). The van der Waals surface area contributed by atoms with Crippen molar-refractivity contribution >= 4 is 21.8 Å². The van der Waals surface area contributed by atoms with Crippen LogP contribution in [-0.2, 0) is 22.0 Å². The van der Waals surface area contributed by atoms with Gasteiger partial charge in [-0.15, -0.1) is 0 Å². The zero-order valence-electron chi connectivity index (χ0n) is 16.5. The first-order valence-corrected chi connectivity index (χ1v) is 10.9. The van der Waals surface area contributed by atoms with E-state index >= 15 is 0 Å². The van der Waals surface area contributed by atoms with Gasteiger partial charge in [0.1, 0.15) is 28.0 Å². The summed E-state index contributed by atoms with van der Waals surface area (Å²) in [6.07, 6.45) is 1.26. The summed E-state index contributed by atoms with van der Waals surface area (Å²) in [6.45, 7) is 1.93. The maximum Gasteiger partial charge on any atom is 0.242 e. The molecule has 0 fully saturated rings. The first-order chi connectivity index (χ1) is 14.1. The number of guanidine groups is 1. The Balaban J connectivity index is 1.76. The van der Waals surface area contributed by atoms with E-state index in [-0.39, 0.29) is 36.9 Å². The van der Waals surface area contributed by atoms with Gasteiger partial charge in [0.05, 0.1) is 12.8 Å². The van der Waals surface area contributed by atoms with Crippen LogP contribution in [0.15, 0.2) is 41.5 Å². The number of ketones is 1. The molecular weight excluding hydrogens is 411 g/mol. The number of hydrogen-bond acceptors (Lipinski definition) is 7. The second kappa shape index (κ2) is 7.05. The number of nitrogens with zero attached hydrogens (tertiary/aromatic N) is 3. The van der Waals surface area contributed by atoms with Crippen LogP contribution in [-0.4, -0.2) is 48.4 Å². The summed E-state index contributed by atoms with van der Waals surface area (Å²) in [5.41, 5.74) is 6.11. The number of aliphatic imine (C=N–C) groups is 1. The smallest absolute Gasteiger partial charge is 0.242 e. The van der Waals surface area contributed by atoms with E-state index < -0.39 is 26.6 Å². The van der Waals surface area contributed by atoms with Crippen LogP contribution < -0.4 is 10.5 Å². The van der Waals surface area contributed by atoms with Gasteiger partial charge in [-0.25, -0.2) is 22.1 Å². The van der Waals surface area contributed by atoms with Gasteiger partial charge in [-0.05, 0) is 36.8 Å². The highest BCUT2D eigenvalue weighted by atomic mass is 32.2. The third-order valence-electron chi connectivity index (χ3n) is 5.64. The minimum atomic E-state index is -3.73. The molecule has 30 heavy (non-hydrogen) atoms. The monoisotopic (exact) mass is 432 g/mol. The van der Waals surface area contributed by atoms with Crippen LogP contribution in [0.25, 0.3) is 0 Å². The lowest BCUT2D eigenvalue weighted by Crippen LogP contribution is -2.56. The Bertz CT molecular complexity index is 1150. The van der Waals surface area contributed by atoms with Gasteiger partial charge in [-0.1, -0.05) is 6.07 Å². The molecule has 0 bridgehead atoms. The molecule has 0 saturated heterocycles. The van der Waals surface area contributed by atoms with Crippen molar-refractivity contribution in [2.24, 2.45) is 10.7 Å². The van der Waals surface area contributed by atoms with Gasteiger partial charge in [-0.2, -0.15) is 0 Å². The Morgan fingerprint density at radius 3 is 2.83 bits per heavy atom. The maximum absolute atomic E-state index is 13.1. The molecule has 0 unspecified atom stereocenters. The highest BCUT2D eigenvalue weighted by molar-refractivity contribution is 7.90. The van der Waals surface area contributed by atoms with Crippen molar-refractivity contribution in [3.05, 3.63) is 59.2 Å². The summed E-state index contributed by atoms with van der Waals surface area (Å²) in [7, 11) is -2.35. The molecule has 2 aliphatic heterocycles. The Labute approximate surface area is 173 Å². The normalized spacial score (nSPS) is 24.7. The molecule has 0 amide bonds. The number of pyridine rings is 1. The molecule has 10 heteroatoms.